The average Bonchev–Trinajstić information content (AvgIpc) is 3.13. The van der Waals surface area contributed by atoms with Gasteiger partial charge < -0.3 is 24.2 Å². The second-order valence-electron chi connectivity index (χ2n) is 6.78. The van der Waals surface area contributed by atoms with Gasteiger partial charge in [0.1, 0.15) is 13.2 Å². The maximum Gasteiger partial charge on any atom is 0.410 e. The molecule has 0 aliphatic carbocycles. The lowest BCUT2D eigenvalue weighted by Crippen LogP contribution is -2.51. The highest BCUT2D eigenvalue weighted by atomic mass is 16.6. The summed E-state index contributed by atoms with van der Waals surface area (Å²) in [6, 6.07) is 2.05. The minimum absolute atomic E-state index is 0.0321. The first-order valence-electron chi connectivity index (χ1n) is 9.30. The molecule has 3 aliphatic rings. The normalized spacial score (nSPS) is 20.8. The number of rotatable bonds is 4. The summed E-state index contributed by atoms with van der Waals surface area (Å²) >= 11 is 0. The lowest BCUT2D eigenvalue weighted by Gasteiger charge is -2.36. The molecule has 4 heterocycles. The first-order valence-corrected chi connectivity index (χ1v) is 9.30. The van der Waals surface area contributed by atoms with Crippen molar-refractivity contribution < 1.29 is 19.1 Å². The third-order valence-corrected chi connectivity index (χ3v) is 5.13. The highest BCUT2D eigenvalue weighted by Gasteiger charge is 2.28. The predicted octanol–water partition coefficient (Wildman–Crippen LogP) is -0.586. The van der Waals surface area contributed by atoms with Gasteiger partial charge >= 0.3 is 6.09 Å². The number of nitrogens with zero attached hydrogens (tertiary/aromatic N) is 6. The molecule has 1 aromatic heterocycles. The molecule has 3 fully saturated rings. The largest absolute Gasteiger partial charge is 0.448 e. The number of amides is 2. The van der Waals surface area contributed by atoms with Crippen LogP contribution in [0, 0.1) is 0 Å². The van der Waals surface area contributed by atoms with Gasteiger partial charge in [-0.25, -0.2) is 4.79 Å². The second kappa shape index (κ2) is 7.95. The van der Waals surface area contributed by atoms with E-state index in [9.17, 15) is 9.59 Å². The maximum atomic E-state index is 12.4. The van der Waals surface area contributed by atoms with Gasteiger partial charge in [-0.15, -0.1) is 5.10 Å². The average molecular weight is 376 g/mol. The molecule has 0 N–H and O–H groups in total. The van der Waals surface area contributed by atoms with E-state index >= 15 is 0 Å². The zero-order valence-corrected chi connectivity index (χ0v) is 15.2. The van der Waals surface area contributed by atoms with Crippen LogP contribution in [0.5, 0.6) is 0 Å². The number of morpholine rings is 1. The van der Waals surface area contributed by atoms with E-state index in [1.54, 1.807) is 11.1 Å². The van der Waals surface area contributed by atoms with Gasteiger partial charge in [-0.3, -0.25) is 9.69 Å². The van der Waals surface area contributed by atoms with Gasteiger partial charge in [0.05, 0.1) is 31.6 Å². The number of carbonyl (C=O) groups is 2. The molecule has 4 rings (SSSR count). The first kappa shape index (κ1) is 17.8. The van der Waals surface area contributed by atoms with Crippen LogP contribution < -0.4 is 9.80 Å². The molecule has 1 aromatic rings. The van der Waals surface area contributed by atoms with Gasteiger partial charge in [0.2, 0.25) is 5.91 Å². The Kier molecular flexibility index (Phi) is 5.23. The Bertz CT molecular complexity index is 688. The summed E-state index contributed by atoms with van der Waals surface area (Å²) in [7, 11) is 0. The van der Waals surface area contributed by atoms with Crippen molar-refractivity contribution in [3.05, 3.63) is 12.3 Å². The Hall–Kier alpha value is -2.62. The van der Waals surface area contributed by atoms with Crippen LogP contribution in [0.25, 0.3) is 0 Å². The van der Waals surface area contributed by atoms with E-state index in [0.717, 1.165) is 37.7 Å². The quantitative estimate of drug-likeness (QED) is 0.689. The van der Waals surface area contributed by atoms with Gasteiger partial charge in [-0.05, 0) is 0 Å². The van der Waals surface area contributed by atoms with Crippen molar-refractivity contribution in [2.45, 2.75) is 0 Å². The molecule has 0 bridgehead atoms. The SMILES string of the molecule is O=C(CN1CCOC1=O)N1CCN(c2cnnc(N3CCOCC3)c2)CC1. The summed E-state index contributed by atoms with van der Waals surface area (Å²) in [5.74, 6) is 0.831. The van der Waals surface area contributed by atoms with Crippen molar-refractivity contribution >= 4 is 23.5 Å². The van der Waals surface area contributed by atoms with E-state index in [1.807, 2.05) is 0 Å². The Morgan fingerprint density at radius 1 is 1.00 bits per heavy atom. The van der Waals surface area contributed by atoms with Crippen LogP contribution in [0.4, 0.5) is 16.3 Å². The second-order valence-corrected chi connectivity index (χ2v) is 6.78. The number of cyclic esters (lactones) is 1. The van der Waals surface area contributed by atoms with Gasteiger partial charge in [0.25, 0.3) is 0 Å². The van der Waals surface area contributed by atoms with E-state index in [0.29, 0.717) is 39.5 Å². The molecule has 0 saturated carbocycles. The van der Waals surface area contributed by atoms with Crippen LogP contribution in [0.3, 0.4) is 0 Å². The number of aromatic nitrogens is 2. The van der Waals surface area contributed by atoms with Gasteiger partial charge in [-0.2, -0.15) is 5.10 Å². The lowest BCUT2D eigenvalue weighted by atomic mass is 10.2. The molecule has 10 heteroatoms. The fourth-order valence-corrected chi connectivity index (χ4v) is 3.51. The monoisotopic (exact) mass is 376 g/mol. The summed E-state index contributed by atoms with van der Waals surface area (Å²) in [5, 5.41) is 8.40. The standard InChI is InChI=1S/C17H24N6O4/c24-16(13-23-7-10-27-17(23)25)22-3-1-20(2-4-22)14-11-15(19-18-12-14)21-5-8-26-9-6-21/h11-12H,1-10,13H2. The summed E-state index contributed by atoms with van der Waals surface area (Å²) in [5.41, 5.74) is 1.02. The molecular formula is C17H24N6O4. The molecule has 0 aromatic carbocycles. The van der Waals surface area contributed by atoms with Crippen molar-refractivity contribution in [1.82, 2.24) is 20.0 Å². The third kappa shape index (κ3) is 4.05. The summed E-state index contributed by atoms with van der Waals surface area (Å²) < 4.78 is 10.3. The van der Waals surface area contributed by atoms with Crippen LogP contribution in [0.15, 0.2) is 12.3 Å². The summed E-state index contributed by atoms with van der Waals surface area (Å²) in [6.07, 6.45) is 1.36. The zero-order valence-electron chi connectivity index (χ0n) is 15.2. The van der Waals surface area contributed by atoms with Crippen LogP contribution in [-0.2, 0) is 14.3 Å². The van der Waals surface area contributed by atoms with Crippen molar-refractivity contribution in [3.8, 4) is 0 Å². The molecule has 10 nitrogen and oxygen atoms in total. The molecule has 0 radical (unpaired) electrons. The predicted molar refractivity (Wildman–Crippen MR) is 96.8 cm³/mol. The molecule has 3 saturated heterocycles. The minimum Gasteiger partial charge on any atom is -0.448 e. The van der Waals surface area contributed by atoms with Crippen molar-refractivity contribution in [1.29, 1.82) is 0 Å². The number of carbonyl (C=O) groups excluding carboxylic acids is 2. The van der Waals surface area contributed by atoms with Crippen molar-refractivity contribution in [2.24, 2.45) is 0 Å². The van der Waals surface area contributed by atoms with E-state index in [1.165, 1.54) is 4.90 Å². The smallest absolute Gasteiger partial charge is 0.410 e. The maximum absolute atomic E-state index is 12.4. The third-order valence-electron chi connectivity index (χ3n) is 5.13. The highest BCUT2D eigenvalue weighted by Crippen LogP contribution is 2.21. The molecule has 0 unspecified atom stereocenters. The highest BCUT2D eigenvalue weighted by molar-refractivity contribution is 5.83. The molecule has 0 atom stereocenters. The van der Waals surface area contributed by atoms with E-state index < -0.39 is 6.09 Å². The number of hydrogen-bond donors (Lipinski definition) is 0. The first-order chi connectivity index (χ1) is 13.2. The molecular weight excluding hydrogens is 352 g/mol. The number of hydrogen-bond acceptors (Lipinski definition) is 8. The molecule has 2 amide bonds. The fourth-order valence-electron chi connectivity index (χ4n) is 3.51. The number of anilines is 2. The van der Waals surface area contributed by atoms with Gasteiger partial charge in [0, 0.05) is 45.3 Å². The number of piperazine rings is 1. The Morgan fingerprint density at radius 2 is 1.78 bits per heavy atom. The molecule has 0 spiro atoms. The molecule has 27 heavy (non-hydrogen) atoms. The van der Waals surface area contributed by atoms with Crippen LogP contribution >= 0.6 is 0 Å². The van der Waals surface area contributed by atoms with Gasteiger partial charge in [-0.1, -0.05) is 0 Å². The lowest BCUT2D eigenvalue weighted by molar-refractivity contribution is -0.132. The van der Waals surface area contributed by atoms with Crippen LogP contribution in [0.1, 0.15) is 0 Å². The van der Waals surface area contributed by atoms with E-state index in [-0.39, 0.29) is 12.5 Å². The Balaban J connectivity index is 1.32. The van der Waals surface area contributed by atoms with Crippen molar-refractivity contribution in [2.75, 3.05) is 82.0 Å². The summed E-state index contributed by atoms with van der Waals surface area (Å²) in [6.45, 7) is 6.69. The van der Waals surface area contributed by atoms with Gasteiger partial charge in [0.15, 0.2) is 5.82 Å². The number of ether oxygens (including phenoxy) is 2. The molecule has 146 valence electrons. The van der Waals surface area contributed by atoms with Crippen LogP contribution in [0.2, 0.25) is 0 Å². The topological polar surface area (TPSA) is 91.3 Å². The minimum atomic E-state index is -0.402. The molecule has 3 aliphatic heterocycles. The zero-order chi connectivity index (χ0) is 18.6. The Morgan fingerprint density at radius 3 is 2.48 bits per heavy atom. The van der Waals surface area contributed by atoms with Crippen molar-refractivity contribution in [3.63, 3.8) is 0 Å². The van der Waals surface area contributed by atoms with Crippen LogP contribution in [-0.4, -0.2) is 104 Å². The summed E-state index contributed by atoms with van der Waals surface area (Å²) in [4.78, 5) is 31.6. The van der Waals surface area contributed by atoms with E-state index in [2.05, 4.69) is 26.1 Å². The van der Waals surface area contributed by atoms with E-state index in [4.69, 9.17) is 9.47 Å². The fraction of sp³-hybridized carbons (Fsp3) is 0.647. The Labute approximate surface area is 157 Å².